The third-order valence-electron chi connectivity index (χ3n) is 2.48. The Morgan fingerprint density at radius 3 is 2.76 bits per heavy atom. The number of nitrogens with one attached hydrogen (secondary N) is 1. The van der Waals surface area contributed by atoms with Gasteiger partial charge in [-0.25, -0.2) is 0 Å². The van der Waals surface area contributed by atoms with Crippen LogP contribution in [-0.4, -0.2) is 23.4 Å². The number of hydrogen-bond donors (Lipinski definition) is 2. The van der Waals surface area contributed by atoms with Crippen LogP contribution in [0.4, 0.5) is 5.69 Å². The van der Waals surface area contributed by atoms with Crippen molar-refractivity contribution in [2.75, 3.05) is 6.54 Å². The Balaban J connectivity index is 3.02. The number of nitrogens with zero attached hydrogens (tertiary/aromatic N) is 1. The number of nitro benzene ring substituents is 1. The summed E-state index contributed by atoms with van der Waals surface area (Å²) < 4.78 is 0. The average molecular weight is 237 g/mol. The molecule has 0 aliphatic carbocycles. The van der Waals surface area contributed by atoms with Gasteiger partial charge >= 0.3 is 0 Å². The number of carbonyl (C=O) groups excluding carboxylic acids is 1. The SMILES string of the molecule is Cc1c(C(=O)NC(C)CN)cccc1[N+](=O)[O-]. The van der Waals surface area contributed by atoms with Crippen molar-refractivity contribution in [3.05, 3.63) is 39.4 Å². The van der Waals surface area contributed by atoms with Crippen LogP contribution in [0.15, 0.2) is 18.2 Å². The van der Waals surface area contributed by atoms with E-state index in [1.165, 1.54) is 12.1 Å². The van der Waals surface area contributed by atoms with Crippen molar-refractivity contribution >= 4 is 11.6 Å². The van der Waals surface area contributed by atoms with E-state index in [1.54, 1.807) is 19.9 Å². The molecule has 1 aromatic rings. The minimum absolute atomic E-state index is 0.0574. The summed E-state index contributed by atoms with van der Waals surface area (Å²) in [7, 11) is 0. The minimum atomic E-state index is -0.502. The lowest BCUT2D eigenvalue weighted by molar-refractivity contribution is -0.385. The fourth-order valence-electron chi connectivity index (χ4n) is 1.43. The molecular formula is C11H15N3O3. The van der Waals surface area contributed by atoms with Gasteiger partial charge in [-0.1, -0.05) is 6.07 Å². The molecule has 0 radical (unpaired) electrons. The predicted octanol–water partition coefficient (Wildman–Crippen LogP) is 0.980. The van der Waals surface area contributed by atoms with E-state index in [1.807, 2.05) is 0 Å². The van der Waals surface area contributed by atoms with Crippen molar-refractivity contribution < 1.29 is 9.72 Å². The lowest BCUT2D eigenvalue weighted by Gasteiger charge is -2.12. The van der Waals surface area contributed by atoms with Crippen molar-refractivity contribution in [2.45, 2.75) is 19.9 Å². The minimum Gasteiger partial charge on any atom is -0.348 e. The highest BCUT2D eigenvalue weighted by Crippen LogP contribution is 2.20. The number of carbonyl (C=O) groups is 1. The molecule has 1 amide bonds. The molecule has 0 aromatic heterocycles. The molecule has 0 aliphatic heterocycles. The molecule has 0 saturated carbocycles. The van der Waals surface area contributed by atoms with Crippen LogP contribution in [0.3, 0.4) is 0 Å². The first-order chi connectivity index (χ1) is 7.97. The smallest absolute Gasteiger partial charge is 0.273 e. The molecule has 0 heterocycles. The van der Waals surface area contributed by atoms with Crippen LogP contribution in [0, 0.1) is 17.0 Å². The third-order valence-corrected chi connectivity index (χ3v) is 2.48. The Hall–Kier alpha value is -1.95. The van der Waals surface area contributed by atoms with Crippen LogP contribution in [0.5, 0.6) is 0 Å². The van der Waals surface area contributed by atoms with Gasteiger partial charge in [-0.15, -0.1) is 0 Å². The van der Waals surface area contributed by atoms with E-state index in [2.05, 4.69) is 5.32 Å². The highest BCUT2D eigenvalue weighted by atomic mass is 16.6. The number of hydrogen-bond acceptors (Lipinski definition) is 4. The van der Waals surface area contributed by atoms with Crippen LogP contribution < -0.4 is 11.1 Å². The van der Waals surface area contributed by atoms with Crippen molar-refractivity contribution in [3.8, 4) is 0 Å². The summed E-state index contributed by atoms with van der Waals surface area (Å²) in [5.41, 5.74) is 6.00. The molecule has 3 N–H and O–H groups in total. The van der Waals surface area contributed by atoms with Gasteiger partial charge in [-0.2, -0.15) is 0 Å². The molecule has 6 nitrogen and oxygen atoms in total. The lowest BCUT2D eigenvalue weighted by Crippen LogP contribution is -2.38. The van der Waals surface area contributed by atoms with Crippen LogP contribution in [0.1, 0.15) is 22.8 Å². The first-order valence-electron chi connectivity index (χ1n) is 5.22. The molecule has 0 spiro atoms. The highest BCUT2D eigenvalue weighted by molar-refractivity contribution is 5.96. The molecule has 1 rings (SSSR count). The second-order valence-corrected chi connectivity index (χ2v) is 3.82. The molecule has 6 heteroatoms. The Kier molecular flexibility index (Phi) is 4.17. The normalized spacial score (nSPS) is 11.9. The fraction of sp³-hybridized carbons (Fsp3) is 0.364. The number of nitro groups is 1. The summed E-state index contributed by atoms with van der Waals surface area (Å²) >= 11 is 0. The van der Waals surface area contributed by atoms with Crippen molar-refractivity contribution in [3.63, 3.8) is 0 Å². The Morgan fingerprint density at radius 1 is 1.59 bits per heavy atom. The maximum absolute atomic E-state index is 11.8. The van der Waals surface area contributed by atoms with Crippen LogP contribution in [-0.2, 0) is 0 Å². The van der Waals surface area contributed by atoms with E-state index < -0.39 is 4.92 Å². The molecule has 0 bridgehead atoms. The zero-order valence-corrected chi connectivity index (χ0v) is 9.77. The van der Waals surface area contributed by atoms with Gasteiger partial charge < -0.3 is 11.1 Å². The molecule has 1 unspecified atom stereocenters. The molecule has 0 fully saturated rings. The Morgan fingerprint density at radius 2 is 2.24 bits per heavy atom. The Bertz CT molecular complexity index is 446. The van der Waals surface area contributed by atoms with Gasteiger partial charge in [0.05, 0.1) is 4.92 Å². The molecule has 0 aliphatic rings. The average Bonchev–Trinajstić information content (AvgIpc) is 2.28. The quantitative estimate of drug-likeness (QED) is 0.602. The third kappa shape index (κ3) is 3.01. The summed E-state index contributed by atoms with van der Waals surface area (Å²) in [6, 6.07) is 4.26. The van der Waals surface area contributed by atoms with Gasteiger partial charge in [0.2, 0.25) is 0 Å². The first kappa shape index (κ1) is 13.1. The Labute approximate surface area is 99.0 Å². The van der Waals surface area contributed by atoms with Crippen LogP contribution >= 0.6 is 0 Å². The van der Waals surface area contributed by atoms with E-state index in [4.69, 9.17) is 5.73 Å². The number of benzene rings is 1. The lowest BCUT2D eigenvalue weighted by atomic mass is 10.1. The van der Waals surface area contributed by atoms with E-state index in [9.17, 15) is 14.9 Å². The van der Waals surface area contributed by atoms with Crippen molar-refractivity contribution in [2.24, 2.45) is 5.73 Å². The molecular weight excluding hydrogens is 222 g/mol. The van der Waals surface area contributed by atoms with Gasteiger partial charge in [0.25, 0.3) is 11.6 Å². The van der Waals surface area contributed by atoms with E-state index in [0.29, 0.717) is 17.7 Å². The van der Waals surface area contributed by atoms with Gasteiger partial charge in [0.1, 0.15) is 0 Å². The van der Waals surface area contributed by atoms with Crippen molar-refractivity contribution in [1.82, 2.24) is 5.32 Å². The topological polar surface area (TPSA) is 98.3 Å². The van der Waals surface area contributed by atoms with Gasteiger partial charge in [-0.3, -0.25) is 14.9 Å². The molecule has 92 valence electrons. The summed E-state index contributed by atoms with van der Waals surface area (Å²) in [5, 5.41) is 13.4. The maximum atomic E-state index is 11.8. The molecule has 0 saturated heterocycles. The zero-order valence-electron chi connectivity index (χ0n) is 9.77. The molecule has 17 heavy (non-hydrogen) atoms. The fourth-order valence-corrected chi connectivity index (χ4v) is 1.43. The van der Waals surface area contributed by atoms with Gasteiger partial charge in [-0.05, 0) is 19.9 Å². The van der Waals surface area contributed by atoms with Gasteiger partial charge in [0.15, 0.2) is 0 Å². The van der Waals surface area contributed by atoms with Gasteiger partial charge in [0, 0.05) is 29.8 Å². The summed E-state index contributed by atoms with van der Waals surface area (Å²) in [6.07, 6.45) is 0. The molecule has 1 aromatic carbocycles. The monoisotopic (exact) mass is 237 g/mol. The highest BCUT2D eigenvalue weighted by Gasteiger charge is 2.18. The predicted molar refractivity (Wildman–Crippen MR) is 63.8 cm³/mol. The first-order valence-corrected chi connectivity index (χ1v) is 5.22. The van der Waals surface area contributed by atoms with Crippen molar-refractivity contribution in [1.29, 1.82) is 0 Å². The molecule has 1 atom stereocenters. The van der Waals surface area contributed by atoms with E-state index in [-0.39, 0.29) is 17.6 Å². The summed E-state index contributed by atoms with van der Waals surface area (Å²) in [6.45, 7) is 3.64. The summed E-state index contributed by atoms with van der Waals surface area (Å²) in [4.78, 5) is 22.0. The zero-order chi connectivity index (χ0) is 13.0. The second-order valence-electron chi connectivity index (χ2n) is 3.82. The van der Waals surface area contributed by atoms with E-state index >= 15 is 0 Å². The van der Waals surface area contributed by atoms with Crippen LogP contribution in [0.2, 0.25) is 0 Å². The maximum Gasteiger partial charge on any atom is 0.273 e. The van der Waals surface area contributed by atoms with E-state index in [0.717, 1.165) is 0 Å². The number of amides is 1. The number of nitrogens with two attached hydrogens (primary N) is 1. The summed E-state index contributed by atoms with van der Waals surface area (Å²) in [5.74, 6) is -0.343. The largest absolute Gasteiger partial charge is 0.348 e. The number of rotatable bonds is 4. The standard InChI is InChI=1S/C11H15N3O3/c1-7(6-12)13-11(15)9-4-3-5-10(8(9)2)14(16)17/h3-5,7H,6,12H2,1-2H3,(H,13,15). The second kappa shape index (κ2) is 5.40. The van der Waals surface area contributed by atoms with Crippen LogP contribution in [0.25, 0.3) is 0 Å².